The molecule has 216 valence electrons. The van der Waals surface area contributed by atoms with Crippen molar-refractivity contribution < 1.29 is 48.3 Å². The Morgan fingerprint density at radius 3 is 2.33 bits per heavy atom. The lowest BCUT2D eigenvalue weighted by molar-refractivity contribution is -0.473. The van der Waals surface area contributed by atoms with Crippen LogP contribution in [0.15, 0.2) is 41.5 Å². The third-order valence-corrected chi connectivity index (χ3v) is 11.1. The fraction of sp³-hybridized carbons (Fsp3) is 0.633. The van der Waals surface area contributed by atoms with Gasteiger partial charge in [-0.05, 0) is 37.1 Å². The van der Waals surface area contributed by atoms with E-state index in [1.807, 2.05) is 0 Å². The van der Waals surface area contributed by atoms with Crippen LogP contribution in [0.5, 0.6) is 0 Å². The van der Waals surface area contributed by atoms with Gasteiger partial charge >= 0.3 is 11.9 Å². The molecule has 0 amide bonds. The molecule has 0 aromatic heterocycles. The van der Waals surface area contributed by atoms with E-state index in [2.05, 4.69) is 0 Å². The maximum absolute atomic E-state index is 14.7. The average molecular weight is 557 g/mol. The van der Waals surface area contributed by atoms with Crippen LogP contribution >= 0.6 is 0 Å². The number of fused-ring (bicyclic) bond motifs is 1. The molecule has 10 nitrogen and oxygen atoms in total. The zero-order valence-electron chi connectivity index (χ0n) is 23.6. The number of ketones is 1. The summed E-state index contributed by atoms with van der Waals surface area (Å²) in [6.07, 6.45) is -4.97. The Kier molecular flexibility index (Phi) is 5.82. The number of hydrogen-bond acceptors (Lipinski definition) is 10. The zero-order valence-corrected chi connectivity index (χ0v) is 23.6. The molecule has 1 aromatic rings. The van der Waals surface area contributed by atoms with Crippen LogP contribution < -0.4 is 0 Å². The van der Waals surface area contributed by atoms with Gasteiger partial charge in [0.25, 0.3) is 0 Å². The number of aliphatic hydroxyl groups is 2. The van der Waals surface area contributed by atoms with Crippen molar-refractivity contribution in [3.8, 4) is 0 Å². The minimum atomic E-state index is -1.84. The number of hydrogen-bond donors (Lipinski definition) is 2. The van der Waals surface area contributed by atoms with Crippen molar-refractivity contribution in [2.45, 2.75) is 82.3 Å². The molecular weight excluding hydrogens is 520 g/mol. The van der Waals surface area contributed by atoms with Crippen molar-refractivity contribution in [1.82, 2.24) is 0 Å². The lowest BCUT2D eigenvalue weighted by atomic mass is 9.20. The average Bonchev–Trinajstić information content (AvgIpc) is 2.91. The third-order valence-electron chi connectivity index (χ3n) is 11.1. The summed E-state index contributed by atoms with van der Waals surface area (Å²) in [6.45, 7) is 6.48. The monoisotopic (exact) mass is 556 g/mol. The molecule has 1 saturated heterocycles. The van der Waals surface area contributed by atoms with E-state index < -0.39 is 69.9 Å². The molecule has 1 spiro atoms. The SMILES string of the molecule is CO[C@H]1C(=O)[C@]2(C)[C@@H](OC)C[C@H]3OC[C@@]3(OC(C)=O)C23[C@H](OC(=O)c2ccccc2)[C@]2(O)C[C@H](O)C(C)=C1[C@]32C. The second kappa shape index (κ2) is 8.45. The number of ether oxygens (including phenoxy) is 5. The zero-order chi connectivity index (χ0) is 29.0. The Balaban J connectivity index is 1.70. The van der Waals surface area contributed by atoms with Crippen LogP contribution in [0.25, 0.3) is 0 Å². The highest BCUT2D eigenvalue weighted by Gasteiger charge is 2.99. The fourth-order valence-corrected chi connectivity index (χ4v) is 9.61. The summed E-state index contributed by atoms with van der Waals surface area (Å²) in [4.78, 5) is 41.2. The quantitative estimate of drug-likeness (QED) is 0.408. The van der Waals surface area contributed by atoms with Gasteiger partial charge in [-0.1, -0.05) is 25.1 Å². The Morgan fingerprint density at radius 2 is 1.77 bits per heavy atom. The minimum Gasteiger partial charge on any atom is -0.455 e. The van der Waals surface area contributed by atoms with E-state index in [-0.39, 0.29) is 30.8 Å². The normalized spacial score (nSPS) is 46.7. The molecule has 1 aromatic carbocycles. The molecule has 1 heterocycles. The number of methoxy groups -OCH3 is 2. The van der Waals surface area contributed by atoms with E-state index in [9.17, 15) is 24.6 Å². The number of carbonyl (C=O) groups is 3. The lowest BCUT2D eigenvalue weighted by Crippen LogP contribution is -3.00. The highest BCUT2D eigenvalue weighted by atomic mass is 16.6. The van der Waals surface area contributed by atoms with E-state index in [0.29, 0.717) is 11.1 Å². The van der Waals surface area contributed by atoms with Crippen molar-refractivity contribution in [3.63, 3.8) is 0 Å². The number of carbonyl (C=O) groups excluding carboxylic acids is 3. The van der Waals surface area contributed by atoms with Crippen LogP contribution in [-0.4, -0.2) is 90.5 Å². The van der Waals surface area contributed by atoms with Gasteiger partial charge in [0, 0.05) is 39.4 Å². The summed E-state index contributed by atoms with van der Waals surface area (Å²) < 4.78 is 30.3. The molecule has 1 aliphatic heterocycles. The summed E-state index contributed by atoms with van der Waals surface area (Å²) in [7, 11) is 2.91. The Morgan fingerprint density at radius 1 is 1.10 bits per heavy atom. The van der Waals surface area contributed by atoms with E-state index in [1.165, 1.54) is 21.1 Å². The van der Waals surface area contributed by atoms with Gasteiger partial charge < -0.3 is 33.9 Å². The van der Waals surface area contributed by atoms with Crippen molar-refractivity contribution in [3.05, 3.63) is 47.0 Å². The first-order valence-electron chi connectivity index (χ1n) is 13.6. The largest absolute Gasteiger partial charge is 0.455 e. The van der Waals surface area contributed by atoms with E-state index in [0.717, 1.165) is 0 Å². The van der Waals surface area contributed by atoms with Gasteiger partial charge in [-0.15, -0.1) is 0 Å². The molecule has 0 bridgehead atoms. The molecule has 40 heavy (non-hydrogen) atoms. The number of aliphatic hydroxyl groups excluding tert-OH is 1. The summed E-state index contributed by atoms with van der Waals surface area (Å²) in [5.41, 5.74) is -6.45. The van der Waals surface area contributed by atoms with Crippen LogP contribution in [-0.2, 0) is 33.3 Å². The van der Waals surface area contributed by atoms with E-state index in [4.69, 9.17) is 23.7 Å². The maximum Gasteiger partial charge on any atom is 0.338 e. The summed E-state index contributed by atoms with van der Waals surface area (Å²) in [5.74, 6) is -1.66. The molecule has 1 unspecified atom stereocenters. The standard InChI is InChI=1S/C30H36O10/c1-15-18(32)13-28(35)25(39-24(34)17-10-8-7-9-11-17)30-26(3,23(33)22(37-6)21(15)27(28,30)4)19(36-5)12-20-29(30,14-38-20)40-16(2)31/h7-11,18-20,22,25,32,35H,12-14H2,1-6H3/t18-,19-,20+,22+,25+,26-,27-,28+,29-,30?/m0/s1. The van der Waals surface area contributed by atoms with Crippen molar-refractivity contribution in [2.24, 2.45) is 16.2 Å². The lowest BCUT2D eigenvalue weighted by Gasteiger charge is -2.86. The second-order valence-electron chi connectivity index (χ2n) is 12.3. The van der Waals surface area contributed by atoms with Gasteiger partial charge in [0.05, 0.1) is 35.2 Å². The molecule has 10 heteroatoms. The molecule has 0 radical (unpaired) electrons. The van der Waals surface area contributed by atoms with Gasteiger partial charge in [-0.3, -0.25) is 9.59 Å². The van der Waals surface area contributed by atoms with Crippen LogP contribution in [0.2, 0.25) is 0 Å². The first-order valence-corrected chi connectivity index (χ1v) is 13.6. The van der Waals surface area contributed by atoms with Gasteiger partial charge in [-0.2, -0.15) is 0 Å². The summed E-state index contributed by atoms with van der Waals surface area (Å²) >= 11 is 0. The molecule has 6 rings (SSSR count). The highest BCUT2D eigenvalue weighted by Crippen LogP contribution is 2.86. The van der Waals surface area contributed by atoms with Crippen LogP contribution in [0, 0.1) is 16.2 Å². The van der Waals surface area contributed by atoms with Crippen LogP contribution in [0.1, 0.15) is 50.9 Å². The Bertz CT molecular complexity index is 1320. The van der Waals surface area contributed by atoms with E-state index in [1.54, 1.807) is 51.1 Å². The molecule has 5 aliphatic rings. The molecular formula is C30H36O10. The van der Waals surface area contributed by atoms with Crippen molar-refractivity contribution in [1.29, 1.82) is 0 Å². The van der Waals surface area contributed by atoms with Gasteiger partial charge in [-0.25, -0.2) is 4.79 Å². The molecule has 3 saturated carbocycles. The van der Waals surface area contributed by atoms with Crippen molar-refractivity contribution in [2.75, 3.05) is 20.8 Å². The number of Topliss-reactive ketones (excluding diaryl/α,β-unsaturated/α-hetero) is 1. The first kappa shape index (κ1) is 27.5. The summed E-state index contributed by atoms with van der Waals surface area (Å²) in [6, 6.07) is 8.33. The molecule has 2 N–H and O–H groups in total. The maximum atomic E-state index is 14.7. The fourth-order valence-electron chi connectivity index (χ4n) is 9.61. The first-order chi connectivity index (χ1) is 18.8. The van der Waals surface area contributed by atoms with Crippen molar-refractivity contribution >= 4 is 17.7 Å². The van der Waals surface area contributed by atoms with Crippen LogP contribution in [0.3, 0.4) is 0 Å². The predicted octanol–water partition coefficient (Wildman–Crippen LogP) is 1.75. The number of benzene rings is 1. The summed E-state index contributed by atoms with van der Waals surface area (Å²) in [5, 5.41) is 23.9. The van der Waals surface area contributed by atoms with E-state index >= 15 is 0 Å². The predicted molar refractivity (Wildman–Crippen MR) is 138 cm³/mol. The minimum absolute atomic E-state index is 0.0614. The number of rotatable bonds is 5. The Labute approximate surface area is 232 Å². The van der Waals surface area contributed by atoms with Gasteiger partial charge in [0.1, 0.15) is 23.9 Å². The van der Waals surface area contributed by atoms with Crippen LogP contribution in [0.4, 0.5) is 0 Å². The highest BCUT2D eigenvalue weighted by molar-refractivity contribution is 5.98. The smallest absolute Gasteiger partial charge is 0.338 e. The topological polar surface area (TPSA) is 138 Å². The molecule has 10 atom stereocenters. The second-order valence-corrected chi connectivity index (χ2v) is 12.3. The third kappa shape index (κ3) is 2.66. The number of esters is 2. The Hall–Kier alpha value is -2.63. The molecule has 4 aliphatic carbocycles. The molecule has 4 fully saturated rings. The van der Waals surface area contributed by atoms with Gasteiger partial charge in [0.2, 0.25) is 0 Å². The van der Waals surface area contributed by atoms with Gasteiger partial charge in [0.15, 0.2) is 11.4 Å².